The van der Waals surface area contributed by atoms with Crippen LogP contribution in [0.1, 0.15) is 24.3 Å². The molecule has 0 atom stereocenters. The van der Waals surface area contributed by atoms with Gasteiger partial charge >= 0.3 is 5.97 Å². The molecule has 0 amide bonds. The Morgan fingerprint density at radius 3 is 2.53 bits per heavy atom. The van der Waals surface area contributed by atoms with Gasteiger partial charge in [-0.2, -0.15) is 0 Å². The summed E-state index contributed by atoms with van der Waals surface area (Å²) in [6.45, 7) is 4.52. The number of ether oxygens (including phenoxy) is 2. The average Bonchev–Trinajstić information content (AvgIpc) is 2.18. The molecule has 0 aromatic carbocycles. The van der Waals surface area contributed by atoms with E-state index in [0.29, 0.717) is 19.0 Å². The van der Waals surface area contributed by atoms with E-state index >= 15 is 0 Å². The van der Waals surface area contributed by atoms with Gasteiger partial charge in [0, 0.05) is 12.1 Å². The number of aromatic nitrogens is 1. The molecule has 0 fully saturated rings. The molecule has 1 N–H and O–H groups in total. The fourth-order valence-electron chi connectivity index (χ4n) is 1.06. The predicted octanol–water partition coefficient (Wildman–Crippen LogP) is 1.58. The molecule has 1 heterocycles. The highest BCUT2D eigenvalue weighted by Crippen LogP contribution is 2.19. The zero-order valence-corrected chi connectivity index (χ0v) is 8.69. The van der Waals surface area contributed by atoms with Gasteiger partial charge in [0.15, 0.2) is 5.69 Å². The third kappa shape index (κ3) is 3.12. The highest BCUT2D eigenvalue weighted by Gasteiger charge is 2.09. The van der Waals surface area contributed by atoms with Crippen molar-refractivity contribution in [1.82, 2.24) is 4.98 Å². The molecule has 82 valence electrons. The van der Waals surface area contributed by atoms with Gasteiger partial charge < -0.3 is 14.6 Å². The Balaban J connectivity index is 3.02. The Kier molecular flexibility index (Phi) is 3.91. The van der Waals surface area contributed by atoms with Gasteiger partial charge in [-0.1, -0.05) is 0 Å². The minimum atomic E-state index is -1.10. The molecule has 0 saturated heterocycles. The zero-order chi connectivity index (χ0) is 11.3. The molecular formula is C10H13NO4. The number of hydrogen-bond donors (Lipinski definition) is 1. The number of rotatable bonds is 5. The highest BCUT2D eigenvalue weighted by molar-refractivity contribution is 5.86. The second-order valence-corrected chi connectivity index (χ2v) is 2.70. The molecule has 0 aliphatic rings. The van der Waals surface area contributed by atoms with E-state index in [1.54, 1.807) is 13.0 Å². The summed E-state index contributed by atoms with van der Waals surface area (Å²) in [6.07, 6.45) is 0. The summed E-state index contributed by atoms with van der Waals surface area (Å²) in [4.78, 5) is 14.5. The maximum Gasteiger partial charge on any atom is 0.354 e. The molecule has 5 nitrogen and oxygen atoms in total. The van der Waals surface area contributed by atoms with Crippen molar-refractivity contribution >= 4 is 5.97 Å². The molecule has 0 radical (unpaired) electrons. The summed E-state index contributed by atoms with van der Waals surface area (Å²) in [5, 5.41) is 8.80. The van der Waals surface area contributed by atoms with Gasteiger partial charge in [0.2, 0.25) is 5.88 Å². The third-order valence-corrected chi connectivity index (χ3v) is 1.60. The molecule has 0 aliphatic carbocycles. The first-order valence-electron chi connectivity index (χ1n) is 4.68. The maximum absolute atomic E-state index is 10.7. The lowest BCUT2D eigenvalue weighted by Gasteiger charge is -2.07. The number of carboxylic acid groups (broad SMARTS) is 1. The quantitative estimate of drug-likeness (QED) is 0.800. The largest absolute Gasteiger partial charge is 0.494 e. The molecule has 15 heavy (non-hydrogen) atoms. The fraction of sp³-hybridized carbons (Fsp3) is 0.400. The van der Waals surface area contributed by atoms with E-state index in [2.05, 4.69) is 4.98 Å². The topological polar surface area (TPSA) is 68.7 Å². The Morgan fingerprint density at radius 1 is 1.33 bits per heavy atom. The third-order valence-electron chi connectivity index (χ3n) is 1.60. The van der Waals surface area contributed by atoms with Gasteiger partial charge in [-0.25, -0.2) is 9.78 Å². The van der Waals surface area contributed by atoms with E-state index in [0.717, 1.165) is 0 Å². The maximum atomic E-state index is 10.7. The second kappa shape index (κ2) is 5.19. The van der Waals surface area contributed by atoms with Crippen LogP contribution in [-0.2, 0) is 0 Å². The smallest absolute Gasteiger partial charge is 0.354 e. The Hall–Kier alpha value is -1.78. The van der Waals surface area contributed by atoms with Gasteiger partial charge in [0.25, 0.3) is 0 Å². The number of nitrogens with zero attached hydrogens (tertiary/aromatic N) is 1. The molecule has 0 spiro atoms. The van der Waals surface area contributed by atoms with Crippen LogP contribution in [0.15, 0.2) is 12.1 Å². The van der Waals surface area contributed by atoms with E-state index in [4.69, 9.17) is 14.6 Å². The molecule has 0 saturated carbocycles. The van der Waals surface area contributed by atoms with Crippen molar-refractivity contribution in [2.24, 2.45) is 0 Å². The normalized spacial score (nSPS) is 9.73. The molecule has 1 aromatic rings. The molecular weight excluding hydrogens is 198 g/mol. The minimum absolute atomic E-state index is 0.0793. The molecule has 5 heteroatoms. The van der Waals surface area contributed by atoms with Crippen LogP contribution in [0.4, 0.5) is 0 Å². The first kappa shape index (κ1) is 11.3. The second-order valence-electron chi connectivity index (χ2n) is 2.70. The Labute approximate surface area is 87.7 Å². The first-order chi connectivity index (χ1) is 7.17. The van der Waals surface area contributed by atoms with Crippen LogP contribution in [0, 0.1) is 0 Å². The highest BCUT2D eigenvalue weighted by atomic mass is 16.5. The van der Waals surface area contributed by atoms with Crippen molar-refractivity contribution in [2.75, 3.05) is 13.2 Å². The summed E-state index contributed by atoms with van der Waals surface area (Å²) < 4.78 is 10.3. The van der Waals surface area contributed by atoms with Crippen LogP contribution in [0.2, 0.25) is 0 Å². The predicted molar refractivity (Wildman–Crippen MR) is 53.5 cm³/mol. The summed E-state index contributed by atoms with van der Waals surface area (Å²) >= 11 is 0. The standard InChI is InChI=1S/C10H13NO4/c1-3-14-7-5-8(10(12)13)11-9(6-7)15-4-2/h5-6H,3-4H2,1-2H3,(H,12,13). The molecule has 1 aromatic heterocycles. The van der Waals surface area contributed by atoms with Crippen molar-refractivity contribution < 1.29 is 19.4 Å². The van der Waals surface area contributed by atoms with Gasteiger partial charge in [0.05, 0.1) is 13.2 Å². The summed E-state index contributed by atoms with van der Waals surface area (Å²) in [6, 6.07) is 2.94. The van der Waals surface area contributed by atoms with Gasteiger partial charge in [-0.05, 0) is 13.8 Å². The van der Waals surface area contributed by atoms with Crippen LogP contribution < -0.4 is 9.47 Å². The summed E-state index contributed by atoms with van der Waals surface area (Å²) in [7, 11) is 0. The number of aromatic carboxylic acids is 1. The van der Waals surface area contributed by atoms with Crippen molar-refractivity contribution in [2.45, 2.75) is 13.8 Å². The Morgan fingerprint density at radius 2 is 2.00 bits per heavy atom. The molecule has 0 aliphatic heterocycles. The lowest BCUT2D eigenvalue weighted by Crippen LogP contribution is -2.04. The minimum Gasteiger partial charge on any atom is -0.494 e. The van der Waals surface area contributed by atoms with Crippen LogP contribution in [-0.4, -0.2) is 29.3 Å². The lowest BCUT2D eigenvalue weighted by atomic mass is 10.3. The van der Waals surface area contributed by atoms with Crippen molar-refractivity contribution in [3.8, 4) is 11.6 Å². The number of pyridine rings is 1. The monoisotopic (exact) mass is 211 g/mol. The van der Waals surface area contributed by atoms with E-state index < -0.39 is 5.97 Å². The Bertz CT molecular complexity index is 327. The van der Waals surface area contributed by atoms with E-state index in [-0.39, 0.29) is 11.6 Å². The van der Waals surface area contributed by atoms with E-state index in [9.17, 15) is 4.79 Å². The molecule has 0 bridgehead atoms. The summed E-state index contributed by atoms with van der Waals surface area (Å²) in [5.74, 6) is -0.383. The number of hydrogen-bond acceptors (Lipinski definition) is 4. The van der Waals surface area contributed by atoms with Crippen molar-refractivity contribution in [1.29, 1.82) is 0 Å². The number of carboxylic acids is 1. The van der Waals surface area contributed by atoms with Crippen LogP contribution >= 0.6 is 0 Å². The molecule has 1 rings (SSSR count). The average molecular weight is 211 g/mol. The van der Waals surface area contributed by atoms with Gasteiger partial charge in [-0.15, -0.1) is 0 Å². The van der Waals surface area contributed by atoms with Gasteiger partial charge in [0.1, 0.15) is 5.75 Å². The molecule has 0 unspecified atom stereocenters. The van der Waals surface area contributed by atoms with E-state index in [1.807, 2.05) is 6.92 Å². The van der Waals surface area contributed by atoms with E-state index in [1.165, 1.54) is 6.07 Å². The van der Waals surface area contributed by atoms with Crippen molar-refractivity contribution in [3.05, 3.63) is 17.8 Å². The van der Waals surface area contributed by atoms with Crippen LogP contribution in [0.3, 0.4) is 0 Å². The zero-order valence-electron chi connectivity index (χ0n) is 8.69. The van der Waals surface area contributed by atoms with Crippen molar-refractivity contribution in [3.63, 3.8) is 0 Å². The summed E-state index contributed by atoms with van der Waals surface area (Å²) in [5.41, 5.74) is -0.0793. The van der Waals surface area contributed by atoms with Gasteiger partial charge in [-0.3, -0.25) is 0 Å². The number of carbonyl (C=O) groups is 1. The first-order valence-corrected chi connectivity index (χ1v) is 4.68. The van der Waals surface area contributed by atoms with Crippen LogP contribution in [0.25, 0.3) is 0 Å². The van der Waals surface area contributed by atoms with Crippen LogP contribution in [0.5, 0.6) is 11.6 Å². The lowest BCUT2D eigenvalue weighted by molar-refractivity contribution is 0.0688. The SMILES string of the molecule is CCOc1cc(OCC)nc(C(=O)O)c1. The fourth-order valence-corrected chi connectivity index (χ4v) is 1.06.